The average molecular weight is 279 g/mol. The Morgan fingerprint density at radius 3 is 2.05 bits per heavy atom. The molecule has 1 spiro atoms. The fraction of sp³-hybridized carbons (Fsp3) is 0.938. The Hall–Kier alpha value is -0.630. The van der Waals surface area contributed by atoms with Gasteiger partial charge in [-0.3, -0.25) is 0 Å². The van der Waals surface area contributed by atoms with Crippen LogP contribution in [0.2, 0.25) is 0 Å². The number of hydrogen-bond acceptors (Lipinski definition) is 4. The summed E-state index contributed by atoms with van der Waals surface area (Å²) in [5.41, 5.74) is -1.41. The van der Waals surface area contributed by atoms with Gasteiger partial charge in [-0.25, -0.2) is 0 Å². The molecule has 2 saturated carbocycles. The lowest BCUT2D eigenvalue weighted by molar-refractivity contribution is -0.220. The molecule has 0 aromatic rings. The predicted octanol–water partition coefficient (Wildman–Crippen LogP) is 2.75. The van der Waals surface area contributed by atoms with E-state index in [1.165, 1.54) is 0 Å². The van der Waals surface area contributed by atoms with E-state index in [1.807, 2.05) is 0 Å². The van der Waals surface area contributed by atoms with Crippen LogP contribution in [0.4, 0.5) is 0 Å². The zero-order chi connectivity index (χ0) is 14.3. The van der Waals surface area contributed by atoms with E-state index in [-0.39, 0.29) is 0 Å². The van der Waals surface area contributed by atoms with Crippen molar-refractivity contribution in [3.8, 4) is 6.07 Å². The molecule has 4 nitrogen and oxygen atoms in total. The molecule has 1 aliphatic heterocycles. The molecule has 4 heteroatoms. The van der Waals surface area contributed by atoms with Gasteiger partial charge in [-0.1, -0.05) is 6.92 Å². The second-order valence-corrected chi connectivity index (χ2v) is 7.02. The molecule has 3 fully saturated rings. The number of nitrogens with zero attached hydrogens (tertiary/aromatic N) is 1. The van der Waals surface area contributed by atoms with E-state index in [0.717, 1.165) is 25.7 Å². The Balaban J connectivity index is 1.74. The van der Waals surface area contributed by atoms with E-state index in [4.69, 9.17) is 9.47 Å². The third kappa shape index (κ3) is 2.16. The van der Waals surface area contributed by atoms with Crippen molar-refractivity contribution in [2.75, 3.05) is 13.2 Å². The zero-order valence-corrected chi connectivity index (χ0v) is 12.4. The van der Waals surface area contributed by atoms with Gasteiger partial charge in [0.25, 0.3) is 0 Å². The van der Waals surface area contributed by atoms with Crippen LogP contribution >= 0.6 is 0 Å². The van der Waals surface area contributed by atoms with Gasteiger partial charge >= 0.3 is 0 Å². The van der Waals surface area contributed by atoms with Crippen molar-refractivity contribution in [2.24, 2.45) is 11.3 Å². The molecule has 0 aromatic carbocycles. The first-order valence-electron chi connectivity index (χ1n) is 7.95. The van der Waals surface area contributed by atoms with Crippen LogP contribution in [0.25, 0.3) is 0 Å². The first kappa shape index (κ1) is 14.3. The summed E-state index contributed by atoms with van der Waals surface area (Å²) in [6.07, 6.45) is 6.42. The molecule has 3 aliphatic rings. The largest absolute Gasteiger partial charge is 0.388 e. The summed E-state index contributed by atoms with van der Waals surface area (Å²) in [7, 11) is 0. The van der Waals surface area contributed by atoms with Gasteiger partial charge in [0.1, 0.15) is 0 Å². The van der Waals surface area contributed by atoms with Crippen LogP contribution in [0.3, 0.4) is 0 Å². The van der Waals surface area contributed by atoms with E-state index < -0.39 is 16.8 Å². The molecule has 0 bridgehead atoms. The number of nitriles is 1. The maximum atomic E-state index is 11.1. The standard InChI is InChI=1S/C16H25NO3/c1-13-2-4-14(12-17,5-3-13)15(18)6-8-16(9-7-15)19-10-11-20-16/h13,18H,2-11H2,1H3. The van der Waals surface area contributed by atoms with Crippen molar-refractivity contribution >= 4 is 0 Å². The lowest BCUT2D eigenvalue weighted by atomic mass is 9.58. The Bertz CT molecular complexity index is 390. The topological polar surface area (TPSA) is 62.5 Å². The van der Waals surface area contributed by atoms with E-state index in [1.54, 1.807) is 0 Å². The van der Waals surface area contributed by atoms with Crippen molar-refractivity contribution in [3.63, 3.8) is 0 Å². The number of hydrogen-bond donors (Lipinski definition) is 1. The summed E-state index contributed by atoms with van der Waals surface area (Å²) >= 11 is 0. The Labute approximate surface area is 121 Å². The van der Waals surface area contributed by atoms with Gasteiger partial charge in [0.15, 0.2) is 5.79 Å². The monoisotopic (exact) mass is 279 g/mol. The highest BCUT2D eigenvalue weighted by molar-refractivity contribution is 5.14. The summed E-state index contributed by atoms with van der Waals surface area (Å²) in [6, 6.07) is 2.50. The van der Waals surface area contributed by atoms with Crippen LogP contribution in [0, 0.1) is 22.7 Å². The fourth-order valence-corrected chi connectivity index (χ4v) is 4.24. The minimum absolute atomic E-state index is 0.467. The average Bonchev–Trinajstić information content (AvgIpc) is 2.92. The van der Waals surface area contributed by atoms with Crippen molar-refractivity contribution in [1.29, 1.82) is 5.26 Å². The van der Waals surface area contributed by atoms with Crippen LogP contribution in [0.5, 0.6) is 0 Å². The van der Waals surface area contributed by atoms with E-state index in [2.05, 4.69) is 13.0 Å². The molecular formula is C16H25NO3. The highest BCUT2D eigenvalue weighted by Gasteiger charge is 2.56. The third-order valence-electron chi connectivity index (χ3n) is 5.89. The van der Waals surface area contributed by atoms with Gasteiger partial charge in [-0.05, 0) is 44.4 Å². The lowest BCUT2D eigenvalue weighted by Gasteiger charge is -2.50. The summed E-state index contributed by atoms with van der Waals surface area (Å²) in [5.74, 6) is 0.210. The highest BCUT2D eigenvalue weighted by Crippen LogP contribution is 2.54. The van der Waals surface area contributed by atoms with Crippen LogP contribution in [0.15, 0.2) is 0 Å². The first-order valence-corrected chi connectivity index (χ1v) is 7.95. The van der Waals surface area contributed by atoms with E-state index in [0.29, 0.717) is 44.8 Å². The lowest BCUT2D eigenvalue weighted by Crippen LogP contribution is -2.54. The maximum Gasteiger partial charge on any atom is 0.168 e. The zero-order valence-electron chi connectivity index (χ0n) is 12.4. The number of ether oxygens (including phenoxy) is 2. The van der Waals surface area contributed by atoms with Crippen molar-refractivity contribution in [3.05, 3.63) is 0 Å². The molecule has 1 heterocycles. The molecule has 1 N–H and O–H groups in total. The number of rotatable bonds is 1. The SMILES string of the molecule is CC1CCC(C#N)(C2(O)CCC3(CC2)OCCO3)CC1. The number of aliphatic hydroxyl groups is 1. The third-order valence-corrected chi connectivity index (χ3v) is 5.89. The van der Waals surface area contributed by atoms with E-state index in [9.17, 15) is 10.4 Å². The maximum absolute atomic E-state index is 11.1. The van der Waals surface area contributed by atoms with Gasteiger partial charge in [0.05, 0.1) is 30.3 Å². The second-order valence-electron chi connectivity index (χ2n) is 7.02. The van der Waals surface area contributed by atoms with Crippen molar-refractivity contribution in [1.82, 2.24) is 0 Å². The molecule has 3 rings (SSSR count). The summed E-state index contributed by atoms with van der Waals surface area (Å²) in [6.45, 7) is 3.54. The predicted molar refractivity (Wildman–Crippen MR) is 73.7 cm³/mol. The van der Waals surface area contributed by atoms with Gasteiger partial charge in [-0.15, -0.1) is 0 Å². The second kappa shape index (κ2) is 4.98. The molecular weight excluding hydrogens is 254 g/mol. The molecule has 0 unspecified atom stereocenters. The molecule has 0 aromatic heterocycles. The van der Waals surface area contributed by atoms with Crippen molar-refractivity contribution < 1.29 is 14.6 Å². The molecule has 0 radical (unpaired) electrons. The molecule has 20 heavy (non-hydrogen) atoms. The van der Waals surface area contributed by atoms with Gasteiger partial charge in [-0.2, -0.15) is 5.26 Å². The van der Waals surface area contributed by atoms with Crippen LogP contribution in [-0.2, 0) is 9.47 Å². The van der Waals surface area contributed by atoms with Crippen LogP contribution in [0.1, 0.15) is 58.3 Å². The summed E-state index contributed by atoms with van der Waals surface area (Å²) in [5, 5.41) is 20.9. The Morgan fingerprint density at radius 2 is 1.55 bits per heavy atom. The van der Waals surface area contributed by atoms with Crippen LogP contribution < -0.4 is 0 Å². The molecule has 2 aliphatic carbocycles. The normalized spacial score (nSPS) is 39.5. The minimum Gasteiger partial charge on any atom is -0.388 e. The highest BCUT2D eigenvalue weighted by atomic mass is 16.7. The van der Waals surface area contributed by atoms with Gasteiger partial charge < -0.3 is 14.6 Å². The van der Waals surface area contributed by atoms with E-state index >= 15 is 0 Å². The smallest absolute Gasteiger partial charge is 0.168 e. The fourth-order valence-electron chi connectivity index (χ4n) is 4.24. The van der Waals surface area contributed by atoms with Crippen molar-refractivity contribution in [2.45, 2.75) is 69.7 Å². The Morgan fingerprint density at radius 1 is 1.00 bits per heavy atom. The molecule has 112 valence electrons. The minimum atomic E-state index is -0.859. The molecule has 1 saturated heterocycles. The summed E-state index contributed by atoms with van der Waals surface area (Å²) < 4.78 is 11.5. The molecule has 0 amide bonds. The van der Waals surface area contributed by atoms with Crippen LogP contribution in [-0.4, -0.2) is 29.7 Å². The summed E-state index contributed by atoms with van der Waals surface area (Å²) in [4.78, 5) is 0. The first-order chi connectivity index (χ1) is 9.53. The molecule has 0 atom stereocenters. The van der Waals surface area contributed by atoms with Gasteiger partial charge in [0, 0.05) is 12.8 Å². The van der Waals surface area contributed by atoms with Gasteiger partial charge in [0.2, 0.25) is 0 Å². The quantitative estimate of drug-likeness (QED) is 0.801. The Kier molecular flexibility index (Phi) is 3.56.